The molecular formula is C3H12BNSi. The first-order valence-electron chi connectivity index (χ1n) is 2.26. The van der Waals surface area contributed by atoms with Gasteiger partial charge in [-0.25, -0.2) is 0 Å². The van der Waals surface area contributed by atoms with E-state index in [1.807, 2.05) is 0 Å². The molecule has 0 aliphatic carbocycles. The van der Waals surface area contributed by atoms with Gasteiger partial charge < -0.3 is 5.64 Å². The summed E-state index contributed by atoms with van der Waals surface area (Å²) in [5.41, 5.74) is 5.37. The highest BCUT2D eigenvalue weighted by molar-refractivity contribution is 7.21. The van der Waals surface area contributed by atoms with Gasteiger partial charge in [0.15, 0.2) is 7.01 Å². The molecule has 0 saturated heterocycles. The Hall–Kier alpha value is 0.242. The van der Waals surface area contributed by atoms with Crippen molar-refractivity contribution in [1.29, 1.82) is 0 Å². The second-order valence-electron chi connectivity index (χ2n) is 2.76. The van der Waals surface area contributed by atoms with Crippen molar-refractivity contribution in [2.24, 2.45) is 5.64 Å². The fourth-order valence-electron chi connectivity index (χ4n) is 0. The van der Waals surface area contributed by atoms with Crippen molar-refractivity contribution in [2.45, 2.75) is 19.6 Å². The van der Waals surface area contributed by atoms with Crippen LogP contribution in [0, 0.1) is 0 Å². The number of nitrogens with two attached hydrogens (primary N) is 1. The fourth-order valence-corrected chi connectivity index (χ4v) is 0. The molecule has 0 spiro atoms. The average molecular weight is 101 g/mol. The van der Waals surface area contributed by atoms with Crippen molar-refractivity contribution >= 4 is 15.0 Å². The zero-order valence-electron chi connectivity index (χ0n) is 4.78. The Morgan fingerprint density at radius 3 is 1.50 bits per heavy atom. The minimum Gasteiger partial charge on any atom is -0.375 e. The molecule has 0 aromatic rings. The largest absolute Gasteiger partial charge is 0.375 e. The fraction of sp³-hybridized carbons (Fsp3) is 1.00. The summed E-state index contributed by atoms with van der Waals surface area (Å²) in [6.45, 7) is 6.77. The predicted molar refractivity (Wildman–Crippen MR) is 34.7 cm³/mol. The first-order chi connectivity index (χ1) is 2.56. The number of hydrogen-bond donors (Lipinski definition) is 1. The van der Waals surface area contributed by atoms with E-state index in [1.165, 1.54) is 0 Å². The molecule has 0 aromatic heterocycles. The van der Waals surface area contributed by atoms with E-state index in [1.54, 1.807) is 0 Å². The van der Waals surface area contributed by atoms with Crippen LogP contribution in [0.1, 0.15) is 0 Å². The van der Waals surface area contributed by atoms with Crippen molar-refractivity contribution in [3.05, 3.63) is 0 Å². The lowest BCUT2D eigenvalue weighted by atomic mass is 10.5. The molecular weight excluding hydrogens is 88.9 g/mol. The third-order valence-electron chi connectivity index (χ3n) is 0.612. The standard InChI is InChI=1S/C3H12BNSi/c1-6(2,3)4-5/h4H,5H2,1-3H3. The lowest BCUT2D eigenvalue weighted by Crippen LogP contribution is -2.36. The van der Waals surface area contributed by atoms with Crippen LogP contribution in [0.25, 0.3) is 0 Å². The van der Waals surface area contributed by atoms with E-state index in [-0.39, 0.29) is 0 Å². The summed E-state index contributed by atoms with van der Waals surface area (Å²) >= 11 is 0. The molecule has 0 saturated carbocycles. The van der Waals surface area contributed by atoms with Gasteiger partial charge in [0.2, 0.25) is 0 Å². The number of rotatable bonds is 1. The van der Waals surface area contributed by atoms with Crippen molar-refractivity contribution in [3.63, 3.8) is 0 Å². The molecule has 0 aromatic carbocycles. The van der Waals surface area contributed by atoms with Gasteiger partial charge in [-0.3, -0.25) is 0 Å². The Balaban J connectivity index is 3.17. The maximum Gasteiger partial charge on any atom is 0.188 e. The minimum atomic E-state index is -0.853. The molecule has 0 amide bonds. The SMILES string of the molecule is C[Si](C)(C)BN. The normalized spacial score (nSPS) is 11.3. The molecule has 36 valence electrons. The first-order valence-corrected chi connectivity index (χ1v) is 5.97. The summed E-state index contributed by atoms with van der Waals surface area (Å²) in [6.07, 6.45) is 0. The van der Waals surface area contributed by atoms with Crippen LogP contribution in [-0.4, -0.2) is 15.0 Å². The van der Waals surface area contributed by atoms with Crippen LogP contribution >= 0.6 is 0 Å². The maximum atomic E-state index is 5.37. The Labute approximate surface area is 41.1 Å². The monoisotopic (exact) mass is 101 g/mol. The summed E-state index contributed by atoms with van der Waals surface area (Å²) in [7, 11) is 0.0563. The van der Waals surface area contributed by atoms with E-state index in [4.69, 9.17) is 5.64 Å². The van der Waals surface area contributed by atoms with Crippen LogP contribution in [0.2, 0.25) is 19.6 Å². The summed E-state index contributed by atoms with van der Waals surface area (Å²) in [4.78, 5) is 0. The lowest BCUT2D eigenvalue weighted by molar-refractivity contribution is 1.81. The Morgan fingerprint density at radius 1 is 1.33 bits per heavy atom. The molecule has 0 radical (unpaired) electrons. The van der Waals surface area contributed by atoms with Gasteiger partial charge in [-0.15, -0.1) is 0 Å². The molecule has 0 aliphatic heterocycles. The Bertz CT molecular complexity index is 40.5. The number of hydrogen-bond acceptors (Lipinski definition) is 1. The van der Waals surface area contributed by atoms with E-state index >= 15 is 0 Å². The van der Waals surface area contributed by atoms with Gasteiger partial charge in [-0.1, -0.05) is 19.6 Å². The highest BCUT2D eigenvalue weighted by atomic mass is 28.3. The quantitative estimate of drug-likeness (QED) is 0.467. The average Bonchev–Trinajstić information content (AvgIpc) is 1.35. The van der Waals surface area contributed by atoms with Gasteiger partial charge >= 0.3 is 0 Å². The molecule has 0 fully saturated rings. The highest BCUT2D eigenvalue weighted by Crippen LogP contribution is 1.91. The second-order valence-corrected chi connectivity index (χ2v) is 8.29. The molecule has 0 bridgehead atoms. The van der Waals surface area contributed by atoms with E-state index in [0.717, 1.165) is 7.01 Å². The summed E-state index contributed by atoms with van der Waals surface area (Å²) in [6, 6.07) is 0. The Morgan fingerprint density at radius 2 is 1.50 bits per heavy atom. The smallest absolute Gasteiger partial charge is 0.188 e. The lowest BCUT2D eigenvalue weighted by Gasteiger charge is -2.07. The van der Waals surface area contributed by atoms with E-state index in [2.05, 4.69) is 19.6 Å². The van der Waals surface area contributed by atoms with E-state index in [0.29, 0.717) is 0 Å². The third kappa shape index (κ3) is 4.24. The van der Waals surface area contributed by atoms with Gasteiger partial charge in [0, 0.05) is 7.94 Å². The van der Waals surface area contributed by atoms with Crippen molar-refractivity contribution in [1.82, 2.24) is 0 Å². The molecule has 0 atom stereocenters. The highest BCUT2D eigenvalue weighted by Gasteiger charge is 2.09. The topological polar surface area (TPSA) is 26.0 Å². The Kier molecular flexibility index (Phi) is 1.87. The molecule has 0 unspecified atom stereocenters. The zero-order chi connectivity index (χ0) is 5.21. The summed E-state index contributed by atoms with van der Waals surface area (Å²) in [5.74, 6) is 0. The first kappa shape index (κ1) is 6.24. The molecule has 0 rings (SSSR count). The van der Waals surface area contributed by atoms with Crippen molar-refractivity contribution in [2.75, 3.05) is 0 Å². The predicted octanol–water partition coefficient (Wildman–Crippen LogP) is 0.131. The van der Waals surface area contributed by atoms with Crippen molar-refractivity contribution < 1.29 is 0 Å². The van der Waals surface area contributed by atoms with Gasteiger partial charge in [0.25, 0.3) is 0 Å². The van der Waals surface area contributed by atoms with Gasteiger partial charge in [0.1, 0.15) is 0 Å². The molecule has 6 heavy (non-hydrogen) atoms. The molecule has 0 aliphatic rings. The zero-order valence-corrected chi connectivity index (χ0v) is 5.78. The molecule has 0 heterocycles. The van der Waals surface area contributed by atoms with Crippen LogP contribution in [0.4, 0.5) is 0 Å². The van der Waals surface area contributed by atoms with Crippen LogP contribution in [-0.2, 0) is 0 Å². The molecule has 1 nitrogen and oxygen atoms in total. The van der Waals surface area contributed by atoms with Gasteiger partial charge in [-0.2, -0.15) is 0 Å². The summed E-state index contributed by atoms with van der Waals surface area (Å²) < 4.78 is 0. The van der Waals surface area contributed by atoms with Gasteiger partial charge in [-0.05, 0) is 0 Å². The molecule has 2 N–H and O–H groups in total. The van der Waals surface area contributed by atoms with Crippen LogP contribution < -0.4 is 5.64 Å². The summed E-state index contributed by atoms with van der Waals surface area (Å²) in [5, 5.41) is 0. The van der Waals surface area contributed by atoms with Crippen molar-refractivity contribution in [3.8, 4) is 0 Å². The van der Waals surface area contributed by atoms with E-state index < -0.39 is 7.94 Å². The third-order valence-corrected chi connectivity index (χ3v) is 1.84. The maximum absolute atomic E-state index is 5.37. The van der Waals surface area contributed by atoms with Crippen LogP contribution in [0.3, 0.4) is 0 Å². The second kappa shape index (κ2) is 1.80. The van der Waals surface area contributed by atoms with Gasteiger partial charge in [0.05, 0.1) is 0 Å². The van der Waals surface area contributed by atoms with E-state index in [9.17, 15) is 0 Å². The minimum absolute atomic E-state index is 0.853. The van der Waals surface area contributed by atoms with Crippen LogP contribution in [0.5, 0.6) is 0 Å². The van der Waals surface area contributed by atoms with Crippen LogP contribution in [0.15, 0.2) is 0 Å². The molecule has 3 heteroatoms.